The topological polar surface area (TPSA) is 75.4 Å². The van der Waals surface area contributed by atoms with Crippen molar-refractivity contribution in [1.82, 2.24) is 15.1 Å². The van der Waals surface area contributed by atoms with Gasteiger partial charge in [-0.05, 0) is 31.9 Å². The maximum atomic E-state index is 12.6. The first-order valence-electron chi connectivity index (χ1n) is 7.65. The first-order chi connectivity index (χ1) is 10.0. The Labute approximate surface area is 138 Å². The molecule has 6 nitrogen and oxygen atoms in total. The van der Waals surface area contributed by atoms with Crippen molar-refractivity contribution in [2.75, 3.05) is 31.1 Å². The van der Waals surface area contributed by atoms with E-state index >= 15 is 0 Å². The molecule has 0 aromatic carbocycles. The second-order valence-electron chi connectivity index (χ2n) is 5.88. The van der Waals surface area contributed by atoms with Crippen molar-refractivity contribution in [2.45, 2.75) is 38.6 Å². The summed E-state index contributed by atoms with van der Waals surface area (Å²) in [6, 6.07) is 3.84. The number of halogens is 1. The van der Waals surface area contributed by atoms with Crippen LogP contribution in [0.4, 0.5) is 5.82 Å². The first kappa shape index (κ1) is 18.6. The number of aromatic nitrogens is 2. The Kier molecular flexibility index (Phi) is 7.03. The minimum atomic E-state index is -0.753. The minimum Gasteiger partial charge on any atom is -0.353 e. The molecule has 22 heavy (non-hydrogen) atoms. The fraction of sp³-hybridized carbons (Fsp3) is 0.667. The summed E-state index contributed by atoms with van der Waals surface area (Å²) in [5, 5.41) is 8.06. The molecule has 1 amide bonds. The number of hydrogen-bond acceptors (Lipinski definition) is 5. The van der Waals surface area contributed by atoms with Crippen molar-refractivity contribution < 1.29 is 4.79 Å². The van der Waals surface area contributed by atoms with Crippen LogP contribution in [0.5, 0.6) is 0 Å². The van der Waals surface area contributed by atoms with Gasteiger partial charge in [0.1, 0.15) is 0 Å². The van der Waals surface area contributed by atoms with Gasteiger partial charge in [0, 0.05) is 32.4 Å². The summed E-state index contributed by atoms with van der Waals surface area (Å²) >= 11 is 0. The molecule has 2 heterocycles. The predicted molar refractivity (Wildman–Crippen MR) is 90.2 cm³/mol. The predicted octanol–water partition coefficient (Wildman–Crippen LogP) is 1.45. The van der Waals surface area contributed by atoms with Crippen molar-refractivity contribution in [2.24, 2.45) is 5.73 Å². The van der Waals surface area contributed by atoms with E-state index in [0.717, 1.165) is 44.7 Å². The second-order valence-corrected chi connectivity index (χ2v) is 5.88. The Morgan fingerprint density at radius 2 is 2.14 bits per heavy atom. The van der Waals surface area contributed by atoms with E-state index in [4.69, 9.17) is 5.73 Å². The largest absolute Gasteiger partial charge is 0.353 e. The number of nitrogens with two attached hydrogens (primary N) is 1. The summed E-state index contributed by atoms with van der Waals surface area (Å²) in [5.41, 5.74) is 5.42. The molecule has 1 aliphatic heterocycles. The molecule has 1 unspecified atom stereocenters. The van der Waals surface area contributed by atoms with Crippen LogP contribution < -0.4 is 10.6 Å². The SMILES string of the molecule is CCCC(C)(N)C(=O)N1CCCN(c2cccnn2)CC1.Cl. The molecule has 0 aliphatic carbocycles. The smallest absolute Gasteiger partial charge is 0.242 e. The van der Waals surface area contributed by atoms with Gasteiger partial charge in [0.05, 0.1) is 5.54 Å². The van der Waals surface area contributed by atoms with Gasteiger partial charge in [0.15, 0.2) is 5.82 Å². The van der Waals surface area contributed by atoms with Gasteiger partial charge in [0.2, 0.25) is 5.91 Å². The third-order valence-electron chi connectivity index (χ3n) is 3.92. The summed E-state index contributed by atoms with van der Waals surface area (Å²) in [6.07, 6.45) is 4.22. The van der Waals surface area contributed by atoms with Crippen molar-refractivity contribution in [1.29, 1.82) is 0 Å². The molecule has 1 atom stereocenters. The van der Waals surface area contributed by atoms with Crippen LogP contribution in [-0.2, 0) is 4.79 Å². The van der Waals surface area contributed by atoms with Crippen molar-refractivity contribution in [3.8, 4) is 0 Å². The van der Waals surface area contributed by atoms with E-state index < -0.39 is 5.54 Å². The molecule has 1 saturated heterocycles. The highest BCUT2D eigenvalue weighted by molar-refractivity contribution is 5.86. The Morgan fingerprint density at radius 1 is 1.36 bits per heavy atom. The molecule has 1 aliphatic rings. The Morgan fingerprint density at radius 3 is 2.77 bits per heavy atom. The van der Waals surface area contributed by atoms with E-state index in [-0.39, 0.29) is 18.3 Å². The summed E-state index contributed by atoms with van der Waals surface area (Å²) in [4.78, 5) is 16.6. The summed E-state index contributed by atoms with van der Waals surface area (Å²) < 4.78 is 0. The third-order valence-corrected chi connectivity index (χ3v) is 3.92. The van der Waals surface area contributed by atoms with Crippen LogP contribution >= 0.6 is 12.4 Å². The molecule has 1 fully saturated rings. The first-order valence-corrected chi connectivity index (χ1v) is 7.65. The standard InChI is InChI=1S/C15H25N5O.ClH/c1-3-7-15(2,16)14(21)20-10-5-9-19(11-12-20)13-6-4-8-17-18-13;/h4,6,8H,3,5,7,9-12,16H2,1-2H3;1H. The lowest BCUT2D eigenvalue weighted by Crippen LogP contribution is -2.54. The number of nitrogens with zero attached hydrogens (tertiary/aromatic N) is 4. The highest BCUT2D eigenvalue weighted by Gasteiger charge is 2.32. The average molecular weight is 328 g/mol. The maximum absolute atomic E-state index is 12.6. The number of rotatable bonds is 4. The lowest BCUT2D eigenvalue weighted by molar-refractivity contribution is -0.136. The molecule has 124 valence electrons. The Hall–Kier alpha value is -1.40. The number of amides is 1. The Bertz CT molecular complexity index is 468. The fourth-order valence-corrected chi connectivity index (χ4v) is 2.80. The second kappa shape index (κ2) is 8.29. The van der Waals surface area contributed by atoms with Crippen LogP contribution in [0.15, 0.2) is 18.3 Å². The van der Waals surface area contributed by atoms with Crippen molar-refractivity contribution >= 4 is 24.1 Å². The van der Waals surface area contributed by atoms with Crippen molar-refractivity contribution in [3.05, 3.63) is 18.3 Å². The lowest BCUT2D eigenvalue weighted by Gasteiger charge is -2.31. The molecule has 1 aromatic rings. The third kappa shape index (κ3) is 4.55. The average Bonchev–Trinajstić information content (AvgIpc) is 2.73. The molecule has 2 rings (SSSR count). The van der Waals surface area contributed by atoms with Gasteiger partial charge in [0.25, 0.3) is 0 Å². The zero-order valence-corrected chi connectivity index (χ0v) is 14.2. The summed E-state index contributed by atoms with van der Waals surface area (Å²) in [5.74, 6) is 0.932. The van der Waals surface area contributed by atoms with Crippen LogP contribution in [0, 0.1) is 0 Å². The van der Waals surface area contributed by atoms with E-state index in [9.17, 15) is 4.79 Å². The highest BCUT2D eigenvalue weighted by Crippen LogP contribution is 2.17. The molecule has 1 aromatic heterocycles. The van der Waals surface area contributed by atoms with Crippen LogP contribution in [0.3, 0.4) is 0 Å². The molecule has 0 bridgehead atoms. The molecule has 7 heteroatoms. The number of anilines is 1. The molecule has 0 spiro atoms. The van der Waals surface area contributed by atoms with Gasteiger partial charge in [-0.3, -0.25) is 4.79 Å². The van der Waals surface area contributed by atoms with Gasteiger partial charge in [-0.15, -0.1) is 17.5 Å². The molecule has 0 saturated carbocycles. The van der Waals surface area contributed by atoms with E-state index in [1.807, 2.05) is 24.0 Å². The molecular formula is C15H26ClN5O. The quantitative estimate of drug-likeness (QED) is 0.906. The van der Waals surface area contributed by atoms with Crippen LogP contribution in [0.25, 0.3) is 0 Å². The molecule has 0 radical (unpaired) electrons. The summed E-state index contributed by atoms with van der Waals surface area (Å²) in [7, 11) is 0. The number of carbonyl (C=O) groups excluding carboxylic acids is 1. The van der Waals surface area contributed by atoms with Crippen LogP contribution in [0.1, 0.15) is 33.1 Å². The van der Waals surface area contributed by atoms with Gasteiger partial charge in [-0.1, -0.05) is 13.3 Å². The number of carbonyl (C=O) groups is 1. The van der Waals surface area contributed by atoms with Gasteiger partial charge < -0.3 is 15.5 Å². The van der Waals surface area contributed by atoms with E-state index in [1.165, 1.54) is 0 Å². The zero-order valence-electron chi connectivity index (χ0n) is 13.4. The van der Waals surface area contributed by atoms with Crippen molar-refractivity contribution in [3.63, 3.8) is 0 Å². The summed E-state index contributed by atoms with van der Waals surface area (Å²) in [6.45, 7) is 6.99. The van der Waals surface area contributed by atoms with E-state index in [2.05, 4.69) is 22.0 Å². The zero-order chi connectivity index (χ0) is 15.3. The van der Waals surface area contributed by atoms with Crippen LogP contribution in [-0.4, -0.2) is 52.7 Å². The number of hydrogen-bond donors (Lipinski definition) is 1. The monoisotopic (exact) mass is 327 g/mol. The fourth-order valence-electron chi connectivity index (χ4n) is 2.80. The van der Waals surface area contributed by atoms with Gasteiger partial charge in [-0.25, -0.2) is 0 Å². The van der Waals surface area contributed by atoms with Crippen LogP contribution in [0.2, 0.25) is 0 Å². The normalized spacial score (nSPS) is 18.1. The molecule has 2 N–H and O–H groups in total. The molecular weight excluding hydrogens is 302 g/mol. The van der Waals surface area contributed by atoms with E-state index in [0.29, 0.717) is 6.54 Å². The highest BCUT2D eigenvalue weighted by atomic mass is 35.5. The van der Waals surface area contributed by atoms with Gasteiger partial charge in [-0.2, -0.15) is 5.10 Å². The van der Waals surface area contributed by atoms with E-state index in [1.54, 1.807) is 6.20 Å². The van der Waals surface area contributed by atoms with Gasteiger partial charge >= 0.3 is 0 Å². The Balaban J connectivity index is 0.00000242. The minimum absolute atomic E-state index is 0. The maximum Gasteiger partial charge on any atom is 0.242 e. The lowest BCUT2D eigenvalue weighted by atomic mass is 9.95.